The van der Waals surface area contributed by atoms with Crippen LogP contribution in [0, 0.1) is 5.92 Å². The number of carbonyl (C=O) groups excluding carboxylic acids is 3. The molecule has 0 aliphatic carbocycles. The van der Waals surface area contributed by atoms with Crippen LogP contribution in [0.15, 0.2) is 65.6 Å². The molecule has 0 aromatic heterocycles. The van der Waals surface area contributed by atoms with Gasteiger partial charge in [-0.25, -0.2) is 9.59 Å². The molecule has 0 saturated heterocycles. The van der Waals surface area contributed by atoms with Gasteiger partial charge in [0.25, 0.3) is 0 Å². The van der Waals surface area contributed by atoms with Crippen molar-refractivity contribution in [2.45, 2.75) is 50.3 Å². The number of hydrogen-bond acceptors (Lipinski definition) is 6. The number of amides is 2. The van der Waals surface area contributed by atoms with Gasteiger partial charge in [0.05, 0.1) is 17.9 Å². The summed E-state index contributed by atoms with van der Waals surface area (Å²) in [6.45, 7) is 3.90. The summed E-state index contributed by atoms with van der Waals surface area (Å²) in [6.07, 6.45) is -0.271. The van der Waals surface area contributed by atoms with Crippen LogP contribution in [-0.4, -0.2) is 47.1 Å². The van der Waals surface area contributed by atoms with Crippen LogP contribution in [0.5, 0.6) is 0 Å². The molecule has 0 bridgehead atoms. The lowest BCUT2D eigenvalue weighted by atomic mass is 10.0. The number of benzene rings is 2. The second kappa shape index (κ2) is 14.1. The van der Waals surface area contributed by atoms with Crippen molar-refractivity contribution in [3.05, 3.63) is 66.2 Å². The third-order valence-corrected chi connectivity index (χ3v) is 6.33. The smallest absolute Gasteiger partial charge is 0.408 e. The summed E-state index contributed by atoms with van der Waals surface area (Å²) >= 11 is 0. The zero-order valence-electron chi connectivity index (χ0n) is 19.7. The Morgan fingerprint density at radius 2 is 1.53 bits per heavy atom. The minimum absolute atomic E-state index is 0.0682. The van der Waals surface area contributed by atoms with Gasteiger partial charge in [0.2, 0.25) is 5.91 Å². The van der Waals surface area contributed by atoms with Crippen LogP contribution < -0.4 is 10.6 Å². The van der Waals surface area contributed by atoms with Gasteiger partial charge in [0, 0.05) is 10.6 Å². The third kappa shape index (κ3) is 9.35. The van der Waals surface area contributed by atoms with E-state index in [0.717, 1.165) is 5.56 Å². The first-order chi connectivity index (χ1) is 16.3. The molecule has 0 unspecified atom stereocenters. The molecule has 2 N–H and O–H groups in total. The number of carbonyl (C=O) groups is 3. The molecule has 184 valence electrons. The lowest BCUT2D eigenvalue weighted by Gasteiger charge is -2.23. The van der Waals surface area contributed by atoms with Crippen LogP contribution in [0.4, 0.5) is 4.79 Å². The van der Waals surface area contributed by atoms with E-state index in [4.69, 9.17) is 9.47 Å². The zero-order valence-corrected chi connectivity index (χ0v) is 20.5. The summed E-state index contributed by atoms with van der Waals surface area (Å²) in [5.74, 6) is -0.933. The maximum atomic E-state index is 13.0. The van der Waals surface area contributed by atoms with E-state index >= 15 is 0 Å². The largest absolute Gasteiger partial charge is 0.467 e. The van der Waals surface area contributed by atoms with Gasteiger partial charge in [-0.2, -0.15) is 0 Å². The molecule has 0 radical (unpaired) electrons. The molecule has 2 aromatic rings. The molecule has 9 heteroatoms. The number of rotatable bonds is 12. The van der Waals surface area contributed by atoms with Gasteiger partial charge in [0.15, 0.2) is 0 Å². The molecular weight excluding hydrogens is 456 g/mol. The number of ether oxygens (including phenoxy) is 2. The van der Waals surface area contributed by atoms with E-state index in [1.54, 1.807) is 24.3 Å². The predicted molar refractivity (Wildman–Crippen MR) is 129 cm³/mol. The summed E-state index contributed by atoms with van der Waals surface area (Å²) in [6, 6.07) is 16.2. The van der Waals surface area contributed by atoms with E-state index in [0.29, 0.717) is 11.3 Å². The third-order valence-electron chi connectivity index (χ3n) is 4.93. The molecule has 0 saturated carbocycles. The van der Waals surface area contributed by atoms with Crippen molar-refractivity contribution in [3.8, 4) is 0 Å². The molecule has 8 nitrogen and oxygen atoms in total. The van der Waals surface area contributed by atoms with E-state index in [1.165, 1.54) is 7.11 Å². The van der Waals surface area contributed by atoms with E-state index in [-0.39, 0.29) is 24.7 Å². The first-order valence-corrected chi connectivity index (χ1v) is 12.4. The van der Waals surface area contributed by atoms with Crippen molar-refractivity contribution in [2.75, 3.05) is 12.9 Å². The minimum Gasteiger partial charge on any atom is -0.467 e. The second-order valence-electron chi connectivity index (χ2n) is 8.12. The molecule has 3 atom stereocenters. The summed E-state index contributed by atoms with van der Waals surface area (Å²) in [4.78, 5) is 38.2. The molecule has 2 amide bonds. The predicted octanol–water partition coefficient (Wildman–Crippen LogP) is 3.18. The Labute approximate surface area is 202 Å². The van der Waals surface area contributed by atoms with Crippen LogP contribution in [0.25, 0.3) is 0 Å². The molecule has 34 heavy (non-hydrogen) atoms. The maximum Gasteiger partial charge on any atom is 0.408 e. The molecular formula is C25H32N2O6S. The van der Waals surface area contributed by atoms with Gasteiger partial charge in [0.1, 0.15) is 18.7 Å². The number of alkyl carbamates (subject to hydrolysis) is 1. The van der Waals surface area contributed by atoms with Crippen molar-refractivity contribution in [1.82, 2.24) is 10.6 Å². The number of nitrogens with one attached hydrogen (secondary N) is 2. The average Bonchev–Trinajstić information content (AvgIpc) is 2.84. The molecule has 0 aliphatic heterocycles. The van der Waals surface area contributed by atoms with Crippen LogP contribution >= 0.6 is 0 Å². The standard InChI is InChI=1S/C25H32N2O6S/c1-18(2)16-22(27-25(30)33-17-19-10-6-4-7-11-19)23(28)26-21(24(29)32-3)14-15-34(31)20-12-8-5-9-13-20/h4-13,18,21-22H,14-17H2,1-3H3,(H,26,28)(H,27,30)/t21-,22-,34-/m0/s1. The van der Waals surface area contributed by atoms with Gasteiger partial charge in [-0.1, -0.05) is 62.4 Å². The van der Waals surface area contributed by atoms with E-state index in [9.17, 15) is 18.6 Å². The highest BCUT2D eigenvalue weighted by Crippen LogP contribution is 2.10. The average molecular weight is 489 g/mol. The molecule has 2 aromatic carbocycles. The Kier molecular flexibility index (Phi) is 11.3. The van der Waals surface area contributed by atoms with Gasteiger partial charge < -0.3 is 20.1 Å². The van der Waals surface area contributed by atoms with Crippen molar-refractivity contribution < 1.29 is 28.1 Å². The lowest BCUT2D eigenvalue weighted by Crippen LogP contribution is -2.52. The van der Waals surface area contributed by atoms with Crippen LogP contribution in [-0.2, 0) is 36.5 Å². The monoisotopic (exact) mass is 488 g/mol. The first kappa shape index (κ1) is 27.0. The van der Waals surface area contributed by atoms with Gasteiger partial charge in [-0.05, 0) is 36.5 Å². The van der Waals surface area contributed by atoms with Crippen LogP contribution in [0.1, 0.15) is 32.3 Å². The molecule has 2 rings (SSSR count). The van der Waals surface area contributed by atoms with Gasteiger partial charge in [-0.15, -0.1) is 0 Å². The lowest BCUT2D eigenvalue weighted by molar-refractivity contribution is -0.145. The Hall–Kier alpha value is -3.20. The normalized spacial score (nSPS) is 13.4. The minimum atomic E-state index is -1.34. The highest BCUT2D eigenvalue weighted by atomic mass is 32.2. The fraction of sp³-hybridized carbons (Fsp3) is 0.400. The number of methoxy groups -OCH3 is 1. The second-order valence-corrected chi connectivity index (χ2v) is 9.69. The Morgan fingerprint density at radius 1 is 0.912 bits per heavy atom. The zero-order chi connectivity index (χ0) is 24.9. The molecule has 0 fully saturated rings. The quantitative estimate of drug-likeness (QED) is 0.444. The fourth-order valence-corrected chi connectivity index (χ4v) is 4.33. The highest BCUT2D eigenvalue weighted by molar-refractivity contribution is 7.85. The number of esters is 1. The Bertz CT molecular complexity index is 952. The van der Waals surface area contributed by atoms with Crippen LogP contribution in [0.3, 0.4) is 0 Å². The Morgan fingerprint density at radius 3 is 2.12 bits per heavy atom. The van der Waals surface area contributed by atoms with Crippen LogP contribution in [0.2, 0.25) is 0 Å². The van der Waals surface area contributed by atoms with Crippen molar-refractivity contribution in [3.63, 3.8) is 0 Å². The SMILES string of the molecule is COC(=O)[C@H](CC[S@](=O)c1ccccc1)NC(=O)[C@H](CC(C)C)NC(=O)OCc1ccccc1. The summed E-state index contributed by atoms with van der Waals surface area (Å²) < 4.78 is 22.6. The van der Waals surface area contributed by atoms with E-state index in [2.05, 4.69) is 10.6 Å². The topological polar surface area (TPSA) is 111 Å². The van der Waals surface area contributed by atoms with Crippen molar-refractivity contribution >= 4 is 28.8 Å². The summed E-state index contributed by atoms with van der Waals surface area (Å²) in [5.41, 5.74) is 0.819. The van der Waals surface area contributed by atoms with Gasteiger partial charge >= 0.3 is 12.1 Å². The van der Waals surface area contributed by atoms with Crippen molar-refractivity contribution in [2.24, 2.45) is 5.92 Å². The first-order valence-electron chi connectivity index (χ1n) is 11.1. The summed E-state index contributed by atoms with van der Waals surface area (Å²) in [5, 5.41) is 5.23. The molecule has 0 spiro atoms. The Balaban J connectivity index is 1.99. The number of hydrogen-bond donors (Lipinski definition) is 2. The van der Waals surface area contributed by atoms with Gasteiger partial charge in [-0.3, -0.25) is 9.00 Å². The van der Waals surface area contributed by atoms with E-state index < -0.39 is 40.9 Å². The van der Waals surface area contributed by atoms with Crippen molar-refractivity contribution in [1.29, 1.82) is 0 Å². The van der Waals surface area contributed by atoms with E-state index in [1.807, 2.05) is 50.2 Å². The highest BCUT2D eigenvalue weighted by Gasteiger charge is 2.28. The molecule has 0 aliphatic rings. The maximum absolute atomic E-state index is 13.0. The summed E-state index contributed by atoms with van der Waals surface area (Å²) in [7, 11) is -0.113. The fourth-order valence-electron chi connectivity index (χ4n) is 3.19. The molecule has 0 heterocycles.